The number of hydrogen-bond acceptors (Lipinski definition) is 4. The maximum Gasteiger partial charge on any atom is 0.491 e. The van der Waals surface area contributed by atoms with Crippen LogP contribution in [0.25, 0.3) is 11.4 Å². The molecule has 0 radical (unpaired) electrons. The maximum atomic E-state index is 12.8. The van der Waals surface area contributed by atoms with Crippen LogP contribution in [0.15, 0.2) is 36.7 Å². The average molecular weight is 268 g/mol. The lowest BCUT2D eigenvalue weighted by Gasteiger charge is -2.11. The summed E-state index contributed by atoms with van der Waals surface area (Å²) in [5, 5.41) is 17.7. The summed E-state index contributed by atoms with van der Waals surface area (Å²) >= 11 is 0. The predicted octanol–water partition coefficient (Wildman–Crippen LogP) is 0.842. The standard InChI is InChI=1S/C11H8BF3N2O2/c13-11(14,15)9-4-2-1-3-8(9)10-16-5-7(6-17-10)12(18)19/h1-6,18-19H. The number of alkyl halides is 3. The van der Waals surface area contributed by atoms with Gasteiger partial charge in [0.05, 0.1) is 5.56 Å². The van der Waals surface area contributed by atoms with E-state index in [1.807, 2.05) is 0 Å². The molecule has 1 aromatic heterocycles. The Morgan fingerprint density at radius 3 is 2.11 bits per heavy atom. The second kappa shape index (κ2) is 4.98. The fourth-order valence-corrected chi connectivity index (χ4v) is 1.54. The Morgan fingerprint density at radius 1 is 1.00 bits per heavy atom. The topological polar surface area (TPSA) is 66.2 Å². The summed E-state index contributed by atoms with van der Waals surface area (Å²) < 4.78 is 38.4. The van der Waals surface area contributed by atoms with E-state index in [1.54, 1.807) is 0 Å². The van der Waals surface area contributed by atoms with E-state index >= 15 is 0 Å². The lowest BCUT2D eigenvalue weighted by molar-refractivity contribution is -0.137. The van der Waals surface area contributed by atoms with Gasteiger partial charge in [-0.3, -0.25) is 0 Å². The van der Waals surface area contributed by atoms with Gasteiger partial charge in [-0.15, -0.1) is 0 Å². The van der Waals surface area contributed by atoms with Crippen molar-refractivity contribution < 1.29 is 23.2 Å². The minimum absolute atomic E-state index is 0.00763. The molecule has 1 aromatic carbocycles. The molecule has 0 aliphatic heterocycles. The van der Waals surface area contributed by atoms with Crippen molar-refractivity contribution in [2.75, 3.05) is 0 Å². The number of benzene rings is 1. The third-order valence-corrected chi connectivity index (χ3v) is 2.44. The van der Waals surface area contributed by atoms with Crippen LogP contribution in [0.1, 0.15) is 5.56 Å². The Morgan fingerprint density at radius 2 is 1.58 bits per heavy atom. The first-order chi connectivity index (χ1) is 8.89. The molecule has 0 atom stereocenters. The molecule has 0 unspecified atom stereocenters. The molecule has 0 aliphatic rings. The van der Waals surface area contributed by atoms with Gasteiger partial charge in [-0.2, -0.15) is 13.2 Å². The number of halogens is 3. The largest absolute Gasteiger partial charge is 0.491 e. The van der Waals surface area contributed by atoms with Crippen LogP contribution in [0.3, 0.4) is 0 Å². The molecule has 0 spiro atoms. The minimum atomic E-state index is -4.50. The van der Waals surface area contributed by atoms with E-state index in [4.69, 9.17) is 10.0 Å². The predicted molar refractivity (Wildman–Crippen MR) is 62.3 cm³/mol. The monoisotopic (exact) mass is 268 g/mol. The minimum Gasteiger partial charge on any atom is -0.423 e. The van der Waals surface area contributed by atoms with E-state index in [9.17, 15) is 13.2 Å². The highest BCUT2D eigenvalue weighted by Crippen LogP contribution is 2.35. The molecule has 0 saturated heterocycles. The zero-order valence-electron chi connectivity index (χ0n) is 9.46. The quantitative estimate of drug-likeness (QED) is 0.792. The van der Waals surface area contributed by atoms with Crippen LogP contribution in [0.4, 0.5) is 13.2 Å². The molecule has 1 heterocycles. The molecule has 98 valence electrons. The van der Waals surface area contributed by atoms with Gasteiger partial charge in [0.25, 0.3) is 0 Å². The van der Waals surface area contributed by atoms with Gasteiger partial charge in [-0.05, 0) is 6.07 Å². The smallest absolute Gasteiger partial charge is 0.423 e. The van der Waals surface area contributed by atoms with Crippen molar-refractivity contribution in [3.8, 4) is 11.4 Å². The Hall–Kier alpha value is -1.93. The second-order valence-electron chi connectivity index (χ2n) is 3.76. The van der Waals surface area contributed by atoms with Crippen molar-refractivity contribution in [1.82, 2.24) is 9.97 Å². The van der Waals surface area contributed by atoms with Gasteiger partial charge in [0.15, 0.2) is 5.82 Å². The zero-order valence-corrected chi connectivity index (χ0v) is 9.46. The van der Waals surface area contributed by atoms with Crippen LogP contribution in [-0.4, -0.2) is 27.1 Å². The Bertz CT molecular complexity index is 573. The lowest BCUT2D eigenvalue weighted by Crippen LogP contribution is -2.30. The van der Waals surface area contributed by atoms with Gasteiger partial charge in [0.1, 0.15) is 0 Å². The summed E-state index contributed by atoms with van der Waals surface area (Å²) in [7, 11) is -1.76. The first-order valence-electron chi connectivity index (χ1n) is 5.24. The highest BCUT2D eigenvalue weighted by atomic mass is 19.4. The van der Waals surface area contributed by atoms with Crippen molar-refractivity contribution >= 4 is 12.6 Å². The first-order valence-corrected chi connectivity index (χ1v) is 5.24. The Balaban J connectivity index is 2.48. The number of rotatable bonds is 2. The van der Waals surface area contributed by atoms with Gasteiger partial charge >= 0.3 is 13.3 Å². The van der Waals surface area contributed by atoms with Gasteiger partial charge < -0.3 is 10.0 Å². The molecule has 0 fully saturated rings. The fourth-order valence-electron chi connectivity index (χ4n) is 1.54. The fraction of sp³-hybridized carbons (Fsp3) is 0.0909. The van der Waals surface area contributed by atoms with Crippen LogP contribution in [-0.2, 0) is 6.18 Å². The van der Waals surface area contributed by atoms with Crippen LogP contribution < -0.4 is 5.46 Å². The third kappa shape index (κ3) is 2.91. The third-order valence-electron chi connectivity index (χ3n) is 2.44. The number of aromatic nitrogens is 2. The maximum absolute atomic E-state index is 12.8. The summed E-state index contributed by atoms with van der Waals surface area (Å²) in [5.41, 5.74) is -0.991. The molecule has 0 amide bonds. The molecule has 0 aliphatic carbocycles. The molecule has 8 heteroatoms. The number of hydrogen-bond donors (Lipinski definition) is 2. The van der Waals surface area contributed by atoms with E-state index < -0.39 is 18.9 Å². The summed E-state index contributed by atoms with van der Waals surface area (Å²) in [4.78, 5) is 7.43. The molecule has 0 saturated carbocycles. The Kier molecular flexibility index (Phi) is 3.54. The number of nitrogens with zero attached hydrogens (tertiary/aromatic N) is 2. The van der Waals surface area contributed by atoms with Crippen LogP contribution in [0, 0.1) is 0 Å². The van der Waals surface area contributed by atoms with E-state index in [-0.39, 0.29) is 16.9 Å². The van der Waals surface area contributed by atoms with Crippen molar-refractivity contribution in [3.05, 3.63) is 42.2 Å². The normalized spacial score (nSPS) is 11.4. The van der Waals surface area contributed by atoms with Crippen molar-refractivity contribution in [2.45, 2.75) is 6.18 Å². The molecular weight excluding hydrogens is 260 g/mol. The molecule has 2 rings (SSSR count). The molecule has 0 bridgehead atoms. The summed E-state index contributed by atoms with van der Waals surface area (Å²) in [6, 6.07) is 4.92. The van der Waals surface area contributed by atoms with E-state index in [2.05, 4.69) is 9.97 Å². The molecule has 2 N–H and O–H groups in total. The van der Waals surface area contributed by atoms with Crippen molar-refractivity contribution in [3.63, 3.8) is 0 Å². The van der Waals surface area contributed by atoms with Gasteiger partial charge in [0.2, 0.25) is 0 Å². The summed E-state index contributed by atoms with van der Waals surface area (Å²) in [5.74, 6) is -0.127. The highest BCUT2D eigenvalue weighted by molar-refractivity contribution is 6.58. The summed E-state index contributed by atoms with van der Waals surface area (Å²) in [6.07, 6.45) is -2.37. The SMILES string of the molecule is OB(O)c1cnc(-c2ccccc2C(F)(F)F)nc1. The average Bonchev–Trinajstić information content (AvgIpc) is 2.38. The molecule has 19 heavy (non-hydrogen) atoms. The van der Waals surface area contributed by atoms with E-state index in [0.29, 0.717) is 0 Å². The first kappa shape index (κ1) is 13.5. The summed E-state index contributed by atoms with van der Waals surface area (Å²) in [6.45, 7) is 0. The van der Waals surface area contributed by atoms with Crippen molar-refractivity contribution in [2.24, 2.45) is 0 Å². The van der Waals surface area contributed by atoms with E-state index in [1.165, 1.54) is 18.2 Å². The van der Waals surface area contributed by atoms with Crippen LogP contribution in [0.5, 0.6) is 0 Å². The van der Waals surface area contributed by atoms with E-state index in [0.717, 1.165) is 18.5 Å². The second-order valence-corrected chi connectivity index (χ2v) is 3.76. The lowest BCUT2D eigenvalue weighted by atomic mass is 9.83. The van der Waals surface area contributed by atoms with Crippen molar-refractivity contribution in [1.29, 1.82) is 0 Å². The van der Waals surface area contributed by atoms with Gasteiger partial charge in [0, 0.05) is 23.4 Å². The molecule has 4 nitrogen and oxygen atoms in total. The van der Waals surface area contributed by atoms with Crippen LogP contribution in [0.2, 0.25) is 0 Å². The van der Waals surface area contributed by atoms with Crippen LogP contribution >= 0.6 is 0 Å². The molecular formula is C11H8BF3N2O2. The highest BCUT2D eigenvalue weighted by Gasteiger charge is 2.34. The van der Waals surface area contributed by atoms with Gasteiger partial charge in [-0.1, -0.05) is 18.2 Å². The molecule has 2 aromatic rings. The Labute approximate surface area is 106 Å². The van der Waals surface area contributed by atoms with Gasteiger partial charge in [-0.25, -0.2) is 9.97 Å². The zero-order chi connectivity index (χ0) is 14.0.